The molecule has 0 heterocycles. The Bertz CT molecular complexity index is 598. The highest BCUT2D eigenvalue weighted by molar-refractivity contribution is 14.1. The van der Waals surface area contributed by atoms with Crippen LogP contribution in [0.3, 0.4) is 0 Å². The first kappa shape index (κ1) is 13.4. The number of rotatable bonds is 2. The SMILES string of the molecule is Cc1c(Cl)cccc1NC(=O)c1ccccc1I. The van der Waals surface area contributed by atoms with E-state index in [9.17, 15) is 4.79 Å². The molecule has 2 rings (SSSR count). The summed E-state index contributed by atoms with van der Waals surface area (Å²) in [5.74, 6) is -0.120. The molecule has 0 spiro atoms. The Morgan fingerprint density at radius 3 is 2.61 bits per heavy atom. The van der Waals surface area contributed by atoms with Crippen LogP contribution in [0.4, 0.5) is 5.69 Å². The number of amides is 1. The molecule has 0 unspecified atom stereocenters. The molecular formula is C14H11ClINO. The average Bonchev–Trinajstić information content (AvgIpc) is 2.35. The molecule has 0 aliphatic carbocycles. The lowest BCUT2D eigenvalue weighted by atomic mass is 10.1. The van der Waals surface area contributed by atoms with E-state index in [0.29, 0.717) is 10.6 Å². The molecule has 0 saturated carbocycles. The van der Waals surface area contributed by atoms with Gasteiger partial charge in [0.05, 0.1) is 5.56 Å². The lowest BCUT2D eigenvalue weighted by molar-refractivity contribution is 0.102. The smallest absolute Gasteiger partial charge is 0.256 e. The van der Waals surface area contributed by atoms with Crippen LogP contribution in [0.5, 0.6) is 0 Å². The number of carbonyl (C=O) groups is 1. The summed E-state index contributed by atoms with van der Waals surface area (Å²) in [6.45, 7) is 1.88. The summed E-state index contributed by atoms with van der Waals surface area (Å²) >= 11 is 8.17. The minimum atomic E-state index is -0.120. The van der Waals surface area contributed by atoms with Gasteiger partial charge in [-0.2, -0.15) is 0 Å². The Morgan fingerprint density at radius 2 is 1.89 bits per heavy atom. The fraction of sp³-hybridized carbons (Fsp3) is 0.0714. The van der Waals surface area contributed by atoms with E-state index in [0.717, 1.165) is 14.8 Å². The number of carbonyl (C=O) groups excluding carboxylic acids is 1. The number of hydrogen-bond acceptors (Lipinski definition) is 1. The molecule has 0 saturated heterocycles. The summed E-state index contributed by atoms with van der Waals surface area (Å²) in [5.41, 5.74) is 2.28. The second-order valence-corrected chi connectivity index (χ2v) is 5.42. The molecule has 1 amide bonds. The second kappa shape index (κ2) is 5.71. The van der Waals surface area contributed by atoms with Crippen molar-refractivity contribution in [3.63, 3.8) is 0 Å². The quantitative estimate of drug-likeness (QED) is 0.774. The minimum Gasteiger partial charge on any atom is -0.322 e. The van der Waals surface area contributed by atoms with Crippen molar-refractivity contribution in [3.05, 3.63) is 62.2 Å². The van der Waals surface area contributed by atoms with E-state index in [-0.39, 0.29) is 5.91 Å². The summed E-state index contributed by atoms with van der Waals surface area (Å²) < 4.78 is 0.923. The monoisotopic (exact) mass is 371 g/mol. The summed E-state index contributed by atoms with van der Waals surface area (Å²) in [5, 5.41) is 3.53. The van der Waals surface area contributed by atoms with Gasteiger partial charge in [-0.05, 0) is 59.3 Å². The van der Waals surface area contributed by atoms with Crippen LogP contribution in [-0.4, -0.2) is 5.91 Å². The Morgan fingerprint density at radius 1 is 1.17 bits per heavy atom. The van der Waals surface area contributed by atoms with Crippen molar-refractivity contribution in [2.75, 3.05) is 5.32 Å². The van der Waals surface area contributed by atoms with Crippen molar-refractivity contribution in [2.24, 2.45) is 0 Å². The molecule has 0 fully saturated rings. The predicted octanol–water partition coefficient (Wildman–Crippen LogP) is 4.51. The maximum absolute atomic E-state index is 12.1. The van der Waals surface area contributed by atoms with Gasteiger partial charge < -0.3 is 5.32 Å². The molecular weight excluding hydrogens is 361 g/mol. The van der Waals surface area contributed by atoms with Crippen molar-refractivity contribution >= 4 is 45.8 Å². The van der Waals surface area contributed by atoms with Gasteiger partial charge >= 0.3 is 0 Å². The minimum absolute atomic E-state index is 0.120. The number of hydrogen-bond donors (Lipinski definition) is 1. The number of anilines is 1. The molecule has 0 aliphatic rings. The first-order valence-electron chi connectivity index (χ1n) is 5.40. The zero-order valence-corrected chi connectivity index (χ0v) is 12.6. The molecule has 18 heavy (non-hydrogen) atoms. The molecule has 92 valence electrons. The Labute approximate surface area is 124 Å². The Hall–Kier alpha value is -1.07. The highest BCUT2D eigenvalue weighted by Crippen LogP contribution is 2.24. The van der Waals surface area contributed by atoms with Gasteiger partial charge in [0, 0.05) is 14.3 Å². The number of nitrogens with one attached hydrogen (secondary N) is 1. The normalized spacial score (nSPS) is 10.2. The maximum atomic E-state index is 12.1. The van der Waals surface area contributed by atoms with E-state index in [1.807, 2.05) is 37.3 Å². The van der Waals surface area contributed by atoms with Crippen molar-refractivity contribution in [1.29, 1.82) is 0 Å². The zero-order chi connectivity index (χ0) is 13.1. The van der Waals surface area contributed by atoms with Gasteiger partial charge in [-0.1, -0.05) is 29.8 Å². The van der Waals surface area contributed by atoms with Crippen molar-refractivity contribution in [3.8, 4) is 0 Å². The number of benzene rings is 2. The first-order valence-corrected chi connectivity index (χ1v) is 6.86. The van der Waals surface area contributed by atoms with Gasteiger partial charge in [-0.25, -0.2) is 0 Å². The molecule has 0 aliphatic heterocycles. The van der Waals surface area contributed by atoms with E-state index in [1.54, 1.807) is 12.1 Å². The van der Waals surface area contributed by atoms with E-state index in [4.69, 9.17) is 11.6 Å². The number of halogens is 2. The zero-order valence-electron chi connectivity index (χ0n) is 9.71. The predicted molar refractivity (Wildman–Crippen MR) is 83.3 cm³/mol. The van der Waals surface area contributed by atoms with E-state index < -0.39 is 0 Å². The topological polar surface area (TPSA) is 29.1 Å². The van der Waals surface area contributed by atoms with Crippen LogP contribution in [0.25, 0.3) is 0 Å². The standard InChI is InChI=1S/C14H11ClINO/c1-9-11(15)6-4-8-13(9)17-14(18)10-5-2-3-7-12(10)16/h2-8H,1H3,(H,17,18). The Balaban J connectivity index is 2.27. The van der Waals surface area contributed by atoms with Gasteiger partial charge in [0.15, 0.2) is 0 Å². The lowest BCUT2D eigenvalue weighted by Gasteiger charge is -2.10. The van der Waals surface area contributed by atoms with Crippen LogP contribution in [0.1, 0.15) is 15.9 Å². The molecule has 0 bridgehead atoms. The summed E-state index contributed by atoms with van der Waals surface area (Å²) in [4.78, 5) is 12.1. The third-order valence-corrected chi connectivity index (χ3v) is 3.98. The van der Waals surface area contributed by atoms with Gasteiger partial charge in [0.1, 0.15) is 0 Å². The second-order valence-electron chi connectivity index (χ2n) is 3.85. The van der Waals surface area contributed by atoms with E-state index >= 15 is 0 Å². The van der Waals surface area contributed by atoms with Crippen LogP contribution < -0.4 is 5.32 Å². The largest absolute Gasteiger partial charge is 0.322 e. The molecule has 2 nitrogen and oxygen atoms in total. The van der Waals surface area contributed by atoms with Crippen molar-refractivity contribution < 1.29 is 4.79 Å². The van der Waals surface area contributed by atoms with Crippen molar-refractivity contribution in [1.82, 2.24) is 0 Å². The lowest BCUT2D eigenvalue weighted by Crippen LogP contribution is -2.14. The highest BCUT2D eigenvalue weighted by Gasteiger charge is 2.11. The van der Waals surface area contributed by atoms with Gasteiger partial charge in [-0.3, -0.25) is 4.79 Å². The third kappa shape index (κ3) is 2.84. The van der Waals surface area contributed by atoms with Crippen LogP contribution >= 0.6 is 34.2 Å². The first-order chi connectivity index (χ1) is 8.59. The molecule has 4 heteroatoms. The molecule has 1 N–H and O–H groups in total. The van der Waals surface area contributed by atoms with Crippen LogP contribution in [-0.2, 0) is 0 Å². The molecule has 2 aromatic rings. The highest BCUT2D eigenvalue weighted by atomic mass is 127. The summed E-state index contributed by atoms with van der Waals surface area (Å²) in [6, 6.07) is 12.9. The van der Waals surface area contributed by atoms with E-state index in [2.05, 4.69) is 27.9 Å². The molecule has 0 atom stereocenters. The molecule has 0 radical (unpaired) electrons. The van der Waals surface area contributed by atoms with Crippen LogP contribution in [0, 0.1) is 10.5 Å². The molecule has 2 aromatic carbocycles. The average molecular weight is 372 g/mol. The maximum Gasteiger partial charge on any atom is 0.256 e. The Kier molecular flexibility index (Phi) is 4.24. The summed E-state index contributed by atoms with van der Waals surface area (Å²) in [7, 11) is 0. The third-order valence-electron chi connectivity index (χ3n) is 2.63. The fourth-order valence-electron chi connectivity index (χ4n) is 1.58. The van der Waals surface area contributed by atoms with Crippen molar-refractivity contribution in [2.45, 2.75) is 6.92 Å². The molecule has 0 aromatic heterocycles. The van der Waals surface area contributed by atoms with Gasteiger partial charge in [0.25, 0.3) is 5.91 Å². The van der Waals surface area contributed by atoms with Gasteiger partial charge in [-0.15, -0.1) is 0 Å². The summed E-state index contributed by atoms with van der Waals surface area (Å²) in [6.07, 6.45) is 0. The van der Waals surface area contributed by atoms with Gasteiger partial charge in [0.2, 0.25) is 0 Å². The van der Waals surface area contributed by atoms with Crippen LogP contribution in [0.15, 0.2) is 42.5 Å². The van der Waals surface area contributed by atoms with Crippen LogP contribution in [0.2, 0.25) is 5.02 Å². The van der Waals surface area contributed by atoms with E-state index in [1.165, 1.54) is 0 Å². The fourth-order valence-corrected chi connectivity index (χ4v) is 2.38.